The summed E-state index contributed by atoms with van der Waals surface area (Å²) in [5.74, 6) is -0.278. The first-order chi connectivity index (χ1) is 12.2. The Hall–Kier alpha value is -1.52. The molecule has 1 aliphatic heterocycles. The first-order valence-electron chi connectivity index (χ1n) is 8.67. The zero-order valence-corrected chi connectivity index (χ0v) is 16.9. The van der Waals surface area contributed by atoms with Gasteiger partial charge in [-0.15, -0.1) is 11.3 Å². The fourth-order valence-corrected chi connectivity index (χ4v) is 5.83. The second kappa shape index (κ2) is 8.45. The maximum absolute atomic E-state index is 13.0. The fraction of sp³-hybridized carbons (Fsp3) is 0.688. The number of nitrogens with zero attached hydrogens (tertiary/aromatic N) is 3. The van der Waals surface area contributed by atoms with E-state index in [1.807, 2.05) is 13.8 Å². The maximum atomic E-state index is 13.0. The van der Waals surface area contributed by atoms with Gasteiger partial charge in [0.05, 0.1) is 26.2 Å². The molecule has 0 N–H and O–H groups in total. The summed E-state index contributed by atoms with van der Waals surface area (Å²) in [5, 5.41) is 11.1. The molecule has 1 amide bonds. The third-order valence-electron chi connectivity index (χ3n) is 4.76. The van der Waals surface area contributed by atoms with Gasteiger partial charge in [0.2, 0.25) is 0 Å². The Morgan fingerprint density at radius 3 is 2.46 bits per heavy atom. The molecular formula is C16H25N3O5S2. The number of amides is 1. The zero-order chi connectivity index (χ0) is 19.5. The highest BCUT2D eigenvalue weighted by Gasteiger charge is 2.36. The Labute approximate surface area is 157 Å². The van der Waals surface area contributed by atoms with Gasteiger partial charge >= 0.3 is 0 Å². The van der Waals surface area contributed by atoms with Crippen LogP contribution in [0.3, 0.4) is 0 Å². The summed E-state index contributed by atoms with van der Waals surface area (Å²) in [4.78, 5) is 28.1. The first kappa shape index (κ1) is 20.8. The van der Waals surface area contributed by atoms with Crippen LogP contribution in [0.1, 0.15) is 34.8 Å². The molecule has 1 unspecified atom stereocenters. The highest BCUT2D eigenvalue weighted by atomic mass is 32.2. The number of carbonyl (C=O) groups excluding carboxylic acids is 1. The Morgan fingerprint density at radius 2 is 2.00 bits per heavy atom. The van der Waals surface area contributed by atoms with Gasteiger partial charge in [-0.05, 0) is 26.4 Å². The number of carbonyl (C=O) groups is 1. The van der Waals surface area contributed by atoms with Gasteiger partial charge < -0.3 is 9.80 Å². The summed E-state index contributed by atoms with van der Waals surface area (Å²) < 4.78 is 23.7. The van der Waals surface area contributed by atoms with E-state index in [4.69, 9.17) is 0 Å². The van der Waals surface area contributed by atoms with Crippen molar-refractivity contribution in [2.24, 2.45) is 0 Å². The molecule has 2 rings (SSSR count). The topological polar surface area (TPSA) is 101 Å². The van der Waals surface area contributed by atoms with Crippen molar-refractivity contribution in [1.29, 1.82) is 0 Å². The van der Waals surface area contributed by atoms with Crippen LogP contribution < -0.4 is 0 Å². The van der Waals surface area contributed by atoms with Crippen molar-refractivity contribution in [2.45, 2.75) is 33.2 Å². The van der Waals surface area contributed by atoms with Crippen molar-refractivity contribution in [3.05, 3.63) is 25.9 Å². The van der Waals surface area contributed by atoms with E-state index in [9.17, 15) is 23.3 Å². The summed E-state index contributed by atoms with van der Waals surface area (Å²) >= 11 is 1.09. The smallest absolute Gasteiger partial charge is 0.283 e. The molecule has 1 aromatic heterocycles. The van der Waals surface area contributed by atoms with E-state index in [1.54, 1.807) is 11.8 Å². The molecule has 0 bridgehead atoms. The monoisotopic (exact) mass is 403 g/mol. The van der Waals surface area contributed by atoms with Gasteiger partial charge in [0.1, 0.15) is 0 Å². The summed E-state index contributed by atoms with van der Waals surface area (Å²) in [6.45, 7) is 8.40. The summed E-state index contributed by atoms with van der Waals surface area (Å²) in [5.41, 5.74) is -0.0684. The standard InChI is InChI=1S/C16H25N3O5S2/c1-4-17(5-2)7-8-18(13-6-9-26(23,24)11-13)16(20)15-10-14(19(21)22)12(3)25-15/h10,13H,4-9,11H2,1-3H3. The molecule has 1 saturated heterocycles. The normalized spacial score (nSPS) is 19.0. The van der Waals surface area contributed by atoms with Crippen LogP contribution in [0.5, 0.6) is 0 Å². The molecule has 8 nitrogen and oxygen atoms in total. The zero-order valence-electron chi connectivity index (χ0n) is 15.3. The lowest BCUT2D eigenvalue weighted by atomic mass is 10.2. The van der Waals surface area contributed by atoms with Crippen molar-refractivity contribution < 1.29 is 18.1 Å². The molecule has 0 radical (unpaired) electrons. The minimum atomic E-state index is -3.13. The van der Waals surface area contributed by atoms with Crippen molar-refractivity contribution in [2.75, 3.05) is 37.7 Å². The largest absolute Gasteiger partial charge is 0.333 e. The molecule has 0 aliphatic carbocycles. The number of likely N-dealkylation sites (N-methyl/N-ethyl adjacent to an activating group) is 1. The molecule has 146 valence electrons. The van der Waals surface area contributed by atoms with Gasteiger partial charge in [0, 0.05) is 25.2 Å². The number of nitro groups is 1. The summed E-state index contributed by atoms with van der Waals surface area (Å²) in [6.07, 6.45) is 0.415. The highest BCUT2D eigenvalue weighted by Crippen LogP contribution is 2.30. The average molecular weight is 404 g/mol. The molecule has 10 heteroatoms. The van der Waals surface area contributed by atoms with Gasteiger partial charge in [0.25, 0.3) is 11.6 Å². The third-order valence-corrected chi connectivity index (χ3v) is 7.54. The van der Waals surface area contributed by atoms with Crippen LogP contribution >= 0.6 is 11.3 Å². The van der Waals surface area contributed by atoms with Crippen LogP contribution in [0.4, 0.5) is 5.69 Å². The van der Waals surface area contributed by atoms with E-state index in [0.29, 0.717) is 24.4 Å². The van der Waals surface area contributed by atoms with Crippen molar-refractivity contribution in [3.8, 4) is 0 Å². The summed E-state index contributed by atoms with van der Waals surface area (Å²) in [6, 6.07) is 0.931. The lowest BCUT2D eigenvalue weighted by Crippen LogP contribution is -2.45. The molecule has 0 spiro atoms. The first-order valence-corrected chi connectivity index (χ1v) is 11.3. The van der Waals surface area contributed by atoms with Crippen LogP contribution in [0.2, 0.25) is 0 Å². The molecule has 2 heterocycles. The van der Waals surface area contributed by atoms with E-state index >= 15 is 0 Å². The van der Waals surface area contributed by atoms with Crippen molar-refractivity contribution in [3.63, 3.8) is 0 Å². The Balaban J connectivity index is 2.25. The second-order valence-corrected chi connectivity index (χ2v) is 9.88. The predicted molar refractivity (Wildman–Crippen MR) is 102 cm³/mol. The molecule has 26 heavy (non-hydrogen) atoms. The van der Waals surface area contributed by atoms with Gasteiger partial charge in [-0.1, -0.05) is 13.8 Å². The number of hydrogen-bond donors (Lipinski definition) is 0. The fourth-order valence-electron chi connectivity index (χ4n) is 3.16. The quantitative estimate of drug-likeness (QED) is 0.486. The maximum Gasteiger partial charge on any atom is 0.283 e. The van der Waals surface area contributed by atoms with E-state index in [1.165, 1.54) is 6.07 Å². The van der Waals surface area contributed by atoms with Crippen molar-refractivity contribution in [1.82, 2.24) is 9.80 Å². The number of thiophene rings is 1. The van der Waals surface area contributed by atoms with Gasteiger partial charge in [-0.3, -0.25) is 14.9 Å². The molecular weight excluding hydrogens is 378 g/mol. The molecule has 1 aliphatic rings. The van der Waals surface area contributed by atoms with Crippen LogP contribution in [-0.2, 0) is 9.84 Å². The van der Waals surface area contributed by atoms with Gasteiger partial charge in [-0.2, -0.15) is 0 Å². The van der Waals surface area contributed by atoms with Crippen LogP contribution in [-0.4, -0.2) is 72.8 Å². The van der Waals surface area contributed by atoms with Crippen LogP contribution in [0.25, 0.3) is 0 Å². The van der Waals surface area contributed by atoms with Crippen LogP contribution in [0.15, 0.2) is 6.07 Å². The lowest BCUT2D eigenvalue weighted by molar-refractivity contribution is -0.385. The van der Waals surface area contributed by atoms with Gasteiger partial charge in [0.15, 0.2) is 9.84 Å². The Morgan fingerprint density at radius 1 is 1.35 bits per heavy atom. The Bertz CT molecular complexity index is 771. The summed E-state index contributed by atoms with van der Waals surface area (Å²) in [7, 11) is -3.13. The molecule has 1 fully saturated rings. The SMILES string of the molecule is CCN(CC)CCN(C(=O)c1cc([N+](=O)[O-])c(C)s1)C1CCS(=O)(=O)C1. The molecule has 0 saturated carbocycles. The van der Waals surface area contributed by atoms with E-state index in [-0.39, 0.29) is 34.0 Å². The van der Waals surface area contributed by atoms with E-state index in [0.717, 1.165) is 24.4 Å². The Kier molecular flexibility index (Phi) is 6.75. The minimum Gasteiger partial charge on any atom is -0.333 e. The van der Waals surface area contributed by atoms with Crippen molar-refractivity contribution >= 4 is 32.8 Å². The van der Waals surface area contributed by atoms with E-state index < -0.39 is 14.8 Å². The average Bonchev–Trinajstić information content (AvgIpc) is 3.13. The second-order valence-electron chi connectivity index (χ2n) is 6.39. The number of sulfone groups is 1. The third kappa shape index (κ3) is 4.80. The number of hydrogen-bond acceptors (Lipinski definition) is 7. The van der Waals surface area contributed by atoms with Gasteiger partial charge in [-0.25, -0.2) is 8.42 Å². The number of rotatable bonds is 8. The molecule has 1 atom stereocenters. The highest BCUT2D eigenvalue weighted by molar-refractivity contribution is 7.91. The molecule has 1 aromatic rings. The predicted octanol–water partition coefficient (Wildman–Crippen LogP) is 1.94. The molecule has 0 aromatic carbocycles. The van der Waals surface area contributed by atoms with E-state index in [2.05, 4.69) is 4.90 Å². The van der Waals surface area contributed by atoms with Crippen LogP contribution in [0, 0.1) is 17.0 Å². The lowest BCUT2D eigenvalue weighted by Gasteiger charge is -2.30. The number of aryl methyl sites for hydroxylation is 1. The minimum absolute atomic E-state index is 0.0383.